The molecule has 0 saturated heterocycles. The first-order valence-corrected chi connectivity index (χ1v) is 5.50. The molecule has 1 rings (SSSR count). The van der Waals surface area contributed by atoms with E-state index in [1.54, 1.807) is 0 Å². The van der Waals surface area contributed by atoms with Crippen molar-refractivity contribution in [2.45, 2.75) is 20.4 Å². The molecule has 0 aliphatic carbocycles. The number of halogens is 2. The molecule has 3 heteroatoms. The smallest absolute Gasteiger partial charge is 0.0465 e. The lowest BCUT2D eigenvalue weighted by atomic mass is 10.2. The number of hydrogen-bond donors (Lipinski definition) is 1. The first-order valence-electron chi connectivity index (χ1n) is 4.75. The van der Waals surface area contributed by atoms with Gasteiger partial charge in [0, 0.05) is 22.2 Å². The summed E-state index contributed by atoms with van der Waals surface area (Å²) < 4.78 is 0. The van der Waals surface area contributed by atoms with Gasteiger partial charge in [-0.15, -0.1) is 0 Å². The quantitative estimate of drug-likeness (QED) is 0.833. The van der Waals surface area contributed by atoms with Crippen LogP contribution in [0.4, 0.5) is 0 Å². The standard InChI is InChI=1S/C11H15Cl2N/c1-8(2)6-14-7-9-10(12)4-3-5-11(9)13/h3-5,8,14H,6-7H2,1-2H3. The van der Waals surface area contributed by atoms with Gasteiger partial charge in [0.25, 0.3) is 0 Å². The van der Waals surface area contributed by atoms with E-state index in [2.05, 4.69) is 19.2 Å². The van der Waals surface area contributed by atoms with Gasteiger partial charge in [-0.3, -0.25) is 0 Å². The largest absolute Gasteiger partial charge is 0.312 e. The van der Waals surface area contributed by atoms with E-state index in [0.29, 0.717) is 5.92 Å². The summed E-state index contributed by atoms with van der Waals surface area (Å²) >= 11 is 12.0. The van der Waals surface area contributed by atoms with E-state index < -0.39 is 0 Å². The van der Waals surface area contributed by atoms with E-state index in [1.165, 1.54) is 0 Å². The van der Waals surface area contributed by atoms with E-state index in [9.17, 15) is 0 Å². The highest BCUT2D eigenvalue weighted by Crippen LogP contribution is 2.23. The van der Waals surface area contributed by atoms with E-state index in [1.807, 2.05) is 18.2 Å². The molecule has 0 aromatic heterocycles. The van der Waals surface area contributed by atoms with Gasteiger partial charge in [0.15, 0.2) is 0 Å². The van der Waals surface area contributed by atoms with Crippen LogP contribution >= 0.6 is 23.2 Å². The van der Waals surface area contributed by atoms with Crippen LogP contribution in [0.25, 0.3) is 0 Å². The van der Waals surface area contributed by atoms with Gasteiger partial charge in [-0.05, 0) is 24.6 Å². The summed E-state index contributed by atoms with van der Waals surface area (Å²) in [6.45, 7) is 6.04. The van der Waals surface area contributed by atoms with Gasteiger partial charge in [-0.1, -0.05) is 43.1 Å². The van der Waals surface area contributed by atoms with E-state index in [4.69, 9.17) is 23.2 Å². The van der Waals surface area contributed by atoms with Crippen LogP contribution in [0.1, 0.15) is 19.4 Å². The van der Waals surface area contributed by atoms with Crippen molar-refractivity contribution in [3.8, 4) is 0 Å². The van der Waals surface area contributed by atoms with Crippen LogP contribution in [0.5, 0.6) is 0 Å². The SMILES string of the molecule is CC(C)CNCc1c(Cl)cccc1Cl. The second-order valence-electron chi connectivity index (χ2n) is 3.72. The minimum Gasteiger partial charge on any atom is -0.312 e. The first-order chi connectivity index (χ1) is 6.61. The van der Waals surface area contributed by atoms with Crippen LogP contribution < -0.4 is 5.32 Å². The maximum absolute atomic E-state index is 6.02. The Balaban J connectivity index is 2.58. The predicted octanol–water partition coefficient (Wildman–Crippen LogP) is 3.74. The molecule has 0 atom stereocenters. The summed E-state index contributed by atoms with van der Waals surface area (Å²) in [7, 11) is 0. The predicted molar refractivity (Wildman–Crippen MR) is 63.0 cm³/mol. The summed E-state index contributed by atoms with van der Waals surface area (Å²) in [6, 6.07) is 5.58. The maximum atomic E-state index is 6.02. The molecule has 1 N–H and O–H groups in total. The third-order valence-corrected chi connectivity index (χ3v) is 2.62. The minimum atomic E-state index is 0.635. The highest BCUT2D eigenvalue weighted by molar-refractivity contribution is 6.35. The summed E-state index contributed by atoms with van der Waals surface area (Å²) in [5, 5.41) is 4.77. The van der Waals surface area contributed by atoms with E-state index >= 15 is 0 Å². The number of rotatable bonds is 4. The van der Waals surface area contributed by atoms with Crippen molar-refractivity contribution in [1.29, 1.82) is 0 Å². The molecule has 0 unspecified atom stereocenters. The lowest BCUT2D eigenvalue weighted by Gasteiger charge is -2.10. The molecular weight excluding hydrogens is 217 g/mol. The molecule has 14 heavy (non-hydrogen) atoms. The third kappa shape index (κ3) is 3.49. The Kier molecular flexibility index (Phi) is 4.73. The molecule has 0 spiro atoms. The second kappa shape index (κ2) is 5.59. The Morgan fingerprint density at radius 1 is 1.21 bits per heavy atom. The number of hydrogen-bond acceptors (Lipinski definition) is 1. The third-order valence-electron chi connectivity index (χ3n) is 1.92. The Bertz CT molecular complexity index is 277. The Morgan fingerprint density at radius 2 is 1.79 bits per heavy atom. The Hall–Kier alpha value is -0.240. The lowest BCUT2D eigenvalue weighted by Crippen LogP contribution is -2.19. The fraction of sp³-hybridized carbons (Fsp3) is 0.455. The molecule has 1 nitrogen and oxygen atoms in total. The molecule has 1 aromatic rings. The average molecular weight is 232 g/mol. The zero-order valence-electron chi connectivity index (χ0n) is 8.48. The molecule has 0 amide bonds. The van der Waals surface area contributed by atoms with Crippen LogP contribution in [0.3, 0.4) is 0 Å². The highest BCUT2D eigenvalue weighted by Gasteiger charge is 2.04. The van der Waals surface area contributed by atoms with Crippen molar-refractivity contribution >= 4 is 23.2 Å². The normalized spacial score (nSPS) is 10.9. The number of nitrogens with one attached hydrogen (secondary N) is 1. The van der Waals surface area contributed by atoms with Crippen molar-refractivity contribution in [1.82, 2.24) is 5.32 Å². The highest BCUT2D eigenvalue weighted by atomic mass is 35.5. The van der Waals surface area contributed by atoms with Crippen molar-refractivity contribution in [3.05, 3.63) is 33.8 Å². The number of benzene rings is 1. The zero-order valence-corrected chi connectivity index (χ0v) is 9.99. The van der Waals surface area contributed by atoms with Gasteiger partial charge in [0.2, 0.25) is 0 Å². The van der Waals surface area contributed by atoms with Crippen molar-refractivity contribution < 1.29 is 0 Å². The van der Waals surface area contributed by atoms with E-state index in [0.717, 1.165) is 28.7 Å². The fourth-order valence-corrected chi connectivity index (χ4v) is 1.72. The van der Waals surface area contributed by atoms with Crippen LogP contribution in [-0.4, -0.2) is 6.54 Å². The van der Waals surface area contributed by atoms with Crippen molar-refractivity contribution in [3.63, 3.8) is 0 Å². The van der Waals surface area contributed by atoms with Gasteiger partial charge in [-0.25, -0.2) is 0 Å². The molecule has 1 aromatic carbocycles. The summed E-state index contributed by atoms with van der Waals surface area (Å²) in [4.78, 5) is 0. The first kappa shape index (κ1) is 11.8. The summed E-state index contributed by atoms with van der Waals surface area (Å²) in [6.07, 6.45) is 0. The fourth-order valence-electron chi connectivity index (χ4n) is 1.19. The van der Waals surface area contributed by atoms with Gasteiger partial charge in [0.05, 0.1) is 0 Å². The van der Waals surface area contributed by atoms with Gasteiger partial charge >= 0.3 is 0 Å². The molecule has 0 fully saturated rings. The lowest BCUT2D eigenvalue weighted by molar-refractivity contribution is 0.552. The molecule has 0 bridgehead atoms. The Morgan fingerprint density at radius 3 is 2.29 bits per heavy atom. The van der Waals surface area contributed by atoms with Crippen LogP contribution in [0, 0.1) is 5.92 Å². The van der Waals surface area contributed by atoms with E-state index in [-0.39, 0.29) is 0 Å². The van der Waals surface area contributed by atoms with Crippen molar-refractivity contribution in [2.24, 2.45) is 5.92 Å². The molecular formula is C11H15Cl2N. The monoisotopic (exact) mass is 231 g/mol. The molecule has 0 radical (unpaired) electrons. The molecule has 0 saturated carbocycles. The second-order valence-corrected chi connectivity index (χ2v) is 4.54. The maximum Gasteiger partial charge on any atom is 0.0465 e. The minimum absolute atomic E-state index is 0.635. The molecule has 78 valence electrons. The summed E-state index contributed by atoms with van der Waals surface area (Å²) in [5.74, 6) is 0.635. The van der Waals surface area contributed by atoms with Gasteiger partial charge in [-0.2, -0.15) is 0 Å². The molecule has 0 aliphatic heterocycles. The van der Waals surface area contributed by atoms with Crippen LogP contribution in [0.15, 0.2) is 18.2 Å². The van der Waals surface area contributed by atoms with Gasteiger partial charge in [0.1, 0.15) is 0 Å². The molecule has 0 aliphatic rings. The van der Waals surface area contributed by atoms with Crippen LogP contribution in [-0.2, 0) is 6.54 Å². The zero-order chi connectivity index (χ0) is 10.6. The Labute approximate surface area is 95.4 Å². The topological polar surface area (TPSA) is 12.0 Å². The molecule has 0 heterocycles. The van der Waals surface area contributed by atoms with Gasteiger partial charge < -0.3 is 5.32 Å². The average Bonchev–Trinajstić information content (AvgIpc) is 2.09. The van der Waals surface area contributed by atoms with Crippen molar-refractivity contribution in [2.75, 3.05) is 6.54 Å². The summed E-state index contributed by atoms with van der Waals surface area (Å²) in [5.41, 5.74) is 0.983. The van der Waals surface area contributed by atoms with Crippen LogP contribution in [0.2, 0.25) is 10.0 Å².